The molecule has 2 aromatic heterocycles. The summed E-state index contributed by atoms with van der Waals surface area (Å²) in [7, 11) is 0. The molecule has 0 spiro atoms. The maximum absolute atomic E-state index is 12.3. The number of nitrogens with zero attached hydrogens (tertiary/aromatic N) is 4. The van der Waals surface area contributed by atoms with Crippen LogP contribution >= 0.6 is 0 Å². The highest BCUT2D eigenvalue weighted by Crippen LogP contribution is 2.12. The first-order valence-corrected chi connectivity index (χ1v) is 9.07. The van der Waals surface area contributed by atoms with Gasteiger partial charge in [-0.05, 0) is 20.8 Å². The topological polar surface area (TPSA) is 105 Å². The number of hydrogen-bond donors (Lipinski definition) is 1. The molecule has 27 heavy (non-hydrogen) atoms. The van der Waals surface area contributed by atoms with Crippen LogP contribution in [0.1, 0.15) is 33.3 Å². The van der Waals surface area contributed by atoms with Crippen LogP contribution < -0.4 is 5.32 Å². The summed E-state index contributed by atoms with van der Waals surface area (Å²) in [6, 6.07) is 1.66. The number of piperazine rings is 1. The van der Waals surface area contributed by atoms with E-state index in [2.05, 4.69) is 20.5 Å². The second-order valence-electron chi connectivity index (χ2n) is 6.79. The Morgan fingerprint density at radius 2 is 1.85 bits per heavy atom. The van der Waals surface area contributed by atoms with Crippen LogP contribution in [0.4, 0.5) is 0 Å². The number of amides is 2. The van der Waals surface area contributed by atoms with Gasteiger partial charge in [0.2, 0.25) is 5.91 Å². The molecular weight excluding hydrogens is 350 g/mol. The summed E-state index contributed by atoms with van der Waals surface area (Å²) < 4.78 is 10.0. The molecule has 0 atom stereocenters. The summed E-state index contributed by atoms with van der Waals surface area (Å²) in [5.74, 6) is 1.17. The molecule has 0 bridgehead atoms. The van der Waals surface area contributed by atoms with Crippen molar-refractivity contribution in [1.29, 1.82) is 0 Å². The van der Waals surface area contributed by atoms with Gasteiger partial charge in [-0.1, -0.05) is 10.3 Å². The van der Waals surface area contributed by atoms with Gasteiger partial charge in [-0.15, -0.1) is 0 Å². The van der Waals surface area contributed by atoms with Gasteiger partial charge in [0, 0.05) is 50.9 Å². The van der Waals surface area contributed by atoms with Crippen molar-refractivity contribution in [2.24, 2.45) is 0 Å². The molecule has 0 aliphatic carbocycles. The largest absolute Gasteiger partial charge is 0.361 e. The lowest BCUT2D eigenvalue weighted by Crippen LogP contribution is -2.50. The lowest BCUT2D eigenvalue weighted by Gasteiger charge is -2.34. The van der Waals surface area contributed by atoms with Gasteiger partial charge >= 0.3 is 0 Å². The normalized spacial score (nSPS) is 15.1. The predicted octanol–water partition coefficient (Wildman–Crippen LogP) is 0.705. The van der Waals surface area contributed by atoms with Crippen molar-refractivity contribution in [2.45, 2.75) is 27.2 Å². The zero-order valence-corrected chi connectivity index (χ0v) is 15.9. The third-order valence-electron chi connectivity index (χ3n) is 4.78. The number of aryl methyl sites for hydroxylation is 3. The zero-order valence-electron chi connectivity index (χ0n) is 15.9. The number of rotatable bonds is 6. The summed E-state index contributed by atoms with van der Waals surface area (Å²) in [5.41, 5.74) is 1.96. The van der Waals surface area contributed by atoms with Crippen molar-refractivity contribution in [3.63, 3.8) is 0 Å². The maximum atomic E-state index is 12.3. The van der Waals surface area contributed by atoms with Gasteiger partial charge in [0.15, 0.2) is 5.69 Å². The Bertz CT molecular complexity index is 785. The first-order valence-electron chi connectivity index (χ1n) is 9.07. The average molecular weight is 375 g/mol. The number of carbonyl (C=O) groups excluding carboxylic acids is 2. The molecule has 1 aliphatic heterocycles. The van der Waals surface area contributed by atoms with Crippen LogP contribution in [0.15, 0.2) is 15.1 Å². The van der Waals surface area contributed by atoms with Gasteiger partial charge < -0.3 is 19.3 Å². The molecule has 3 rings (SSSR count). The quantitative estimate of drug-likeness (QED) is 0.792. The van der Waals surface area contributed by atoms with Crippen molar-refractivity contribution in [3.05, 3.63) is 34.5 Å². The van der Waals surface area contributed by atoms with Crippen LogP contribution in [-0.2, 0) is 11.2 Å². The number of nitrogens with one attached hydrogen (secondary N) is 1. The van der Waals surface area contributed by atoms with E-state index in [0.29, 0.717) is 36.8 Å². The van der Waals surface area contributed by atoms with Crippen molar-refractivity contribution in [2.75, 3.05) is 39.3 Å². The third-order valence-corrected chi connectivity index (χ3v) is 4.78. The fourth-order valence-electron chi connectivity index (χ4n) is 3.13. The number of carbonyl (C=O) groups is 2. The van der Waals surface area contributed by atoms with Gasteiger partial charge in [0.1, 0.15) is 11.5 Å². The maximum Gasteiger partial charge on any atom is 0.276 e. The molecule has 1 N–H and O–H groups in total. The molecule has 3 heterocycles. The third kappa shape index (κ3) is 4.73. The van der Waals surface area contributed by atoms with E-state index >= 15 is 0 Å². The molecule has 2 amide bonds. The number of hydrogen-bond acceptors (Lipinski definition) is 7. The molecule has 1 fully saturated rings. The van der Waals surface area contributed by atoms with Crippen LogP contribution in [0, 0.1) is 20.8 Å². The fourth-order valence-corrected chi connectivity index (χ4v) is 3.13. The Kier molecular flexibility index (Phi) is 5.90. The van der Waals surface area contributed by atoms with Crippen LogP contribution in [0.25, 0.3) is 0 Å². The van der Waals surface area contributed by atoms with E-state index in [1.165, 1.54) is 0 Å². The predicted molar refractivity (Wildman–Crippen MR) is 96.3 cm³/mol. The van der Waals surface area contributed by atoms with Crippen molar-refractivity contribution in [1.82, 2.24) is 25.4 Å². The summed E-state index contributed by atoms with van der Waals surface area (Å²) in [6.07, 6.45) is 0.278. The Balaban J connectivity index is 1.37. The molecule has 9 nitrogen and oxygen atoms in total. The first-order chi connectivity index (χ1) is 12.9. The van der Waals surface area contributed by atoms with Crippen LogP contribution in [0.2, 0.25) is 0 Å². The SMILES string of the molecule is Cc1cc(C(=O)N2CCN(CCNC(=O)Cc3c(C)noc3C)CC2)no1. The zero-order chi connectivity index (χ0) is 19.4. The summed E-state index contributed by atoms with van der Waals surface area (Å²) in [4.78, 5) is 28.4. The van der Waals surface area contributed by atoms with E-state index < -0.39 is 0 Å². The summed E-state index contributed by atoms with van der Waals surface area (Å²) in [6.45, 7) is 9.53. The molecule has 9 heteroatoms. The van der Waals surface area contributed by atoms with Crippen molar-refractivity contribution in [3.8, 4) is 0 Å². The lowest BCUT2D eigenvalue weighted by atomic mass is 10.1. The van der Waals surface area contributed by atoms with E-state index in [9.17, 15) is 9.59 Å². The molecule has 0 saturated carbocycles. The van der Waals surface area contributed by atoms with Crippen molar-refractivity contribution >= 4 is 11.8 Å². The van der Waals surface area contributed by atoms with E-state index in [1.807, 2.05) is 13.8 Å². The minimum Gasteiger partial charge on any atom is -0.361 e. The fraction of sp³-hybridized carbons (Fsp3) is 0.556. The molecule has 0 unspecified atom stereocenters. The van der Waals surface area contributed by atoms with Crippen LogP contribution in [-0.4, -0.2) is 71.2 Å². The molecule has 146 valence electrons. The molecular formula is C18H25N5O4. The van der Waals surface area contributed by atoms with Crippen LogP contribution in [0.5, 0.6) is 0 Å². The van der Waals surface area contributed by atoms with E-state index in [0.717, 1.165) is 30.9 Å². The minimum atomic E-state index is -0.0979. The minimum absolute atomic E-state index is 0.0420. The van der Waals surface area contributed by atoms with Crippen molar-refractivity contribution < 1.29 is 18.6 Å². The monoisotopic (exact) mass is 375 g/mol. The molecule has 1 aliphatic rings. The summed E-state index contributed by atoms with van der Waals surface area (Å²) >= 11 is 0. The Hall–Kier alpha value is -2.68. The highest BCUT2D eigenvalue weighted by molar-refractivity contribution is 5.92. The Morgan fingerprint density at radius 3 is 2.44 bits per heavy atom. The molecule has 2 aromatic rings. The average Bonchev–Trinajstić information content (AvgIpc) is 3.22. The van der Waals surface area contributed by atoms with Gasteiger partial charge in [-0.25, -0.2) is 0 Å². The van der Waals surface area contributed by atoms with Gasteiger partial charge in [-0.3, -0.25) is 14.5 Å². The highest BCUT2D eigenvalue weighted by Gasteiger charge is 2.24. The van der Waals surface area contributed by atoms with E-state index in [4.69, 9.17) is 9.05 Å². The molecule has 1 saturated heterocycles. The van der Waals surface area contributed by atoms with Gasteiger partial charge in [-0.2, -0.15) is 0 Å². The Morgan fingerprint density at radius 1 is 1.11 bits per heavy atom. The van der Waals surface area contributed by atoms with E-state index in [-0.39, 0.29) is 18.2 Å². The lowest BCUT2D eigenvalue weighted by molar-refractivity contribution is -0.120. The smallest absolute Gasteiger partial charge is 0.276 e. The summed E-state index contributed by atoms with van der Waals surface area (Å²) in [5, 5.41) is 10.6. The van der Waals surface area contributed by atoms with E-state index in [1.54, 1.807) is 17.9 Å². The van der Waals surface area contributed by atoms with Gasteiger partial charge in [0.25, 0.3) is 5.91 Å². The standard InChI is InChI=1S/C18H25N5O4/c1-12-10-16(21-26-12)18(25)23-8-6-22(7-9-23)5-4-19-17(24)11-15-13(2)20-27-14(15)3/h10H,4-9,11H2,1-3H3,(H,19,24). The highest BCUT2D eigenvalue weighted by atomic mass is 16.5. The Labute approximate surface area is 157 Å². The second-order valence-corrected chi connectivity index (χ2v) is 6.79. The first kappa shape index (κ1) is 19.1. The number of aromatic nitrogens is 2. The second kappa shape index (κ2) is 8.34. The van der Waals surface area contributed by atoms with Crippen LogP contribution in [0.3, 0.4) is 0 Å². The molecule has 0 radical (unpaired) electrons. The van der Waals surface area contributed by atoms with Gasteiger partial charge in [0.05, 0.1) is 12.1 Å². The molecule has 0 aromatic carbocycles.